The third-order valence-electron chi connectivity index (χ3n) is 4.09. The zero-order valence-electron chi connectivity index (χ0n) is 12.1. The highest BCUT2D eigenvalue weighted by molar-refractivity contribution is 7.16. The number of hydrogen-bond donors (Lipinski definition) is 2. The molecular formula is C15H22N4S. The molecule has 1 saturated carbocycles. The van der Waals surface area contributed by atoms with E-state index in [0.717, 1.165) is 34.4 Å². The van der Waals surface area contributed by atoms with Crippen LogP contribution in [-0.4, -0.2) is 22.6 Å². The summed E-state index contributed by atoms with van der Waals surface area (Å²) in [6.45, 7) is 5.25. The molecule has 0 amide bonds. The topological polar surface area (TPSA) is 49.8 Å². The third-order valence-corrected chi connectivity index (χ3v) is 4.90. The predicted octanol–water partition coefficient (Wildman–Crippen LogP) is 4.11. The van der Waals surface area contributed by atoms with E-state index in [9.17, 15) is 0 Å². The number of anilines is 2. The van der Waals surface area contributed by atoms with Crippen LogP contribution in [-0.2, 0) is 0 Å². The van der Waals surface area contributed by atoms with Gasteiger partial charge in [0.05, 0.1) is 5.39 Å². The highest BCUT2D eigenvalue weighted by Gasteiger charge is 2.22. The molecule has 0 aromatic carbocycles. The molecule has 2 N–H and O–H groups in total. The van der Waals surface area contributed by atoms with Crippen LogP contribution >= 0.6 is 11.3 Å². The van der Waals surface area contributed by atoms with Crippen molar-refractivity contribution in [2.45, 2.75) is 45.6 Å². The van der Waals surface area contributed by atoms with Crippen LogP contribution in [0, 0.1) is 5.92 Å². The molecule has 108 valence electrons. The minimum absolute atomic E-state index is 0.538. The Labute approximate surface area is 124 Å². The molecular weight excluding hydrogens is 268 g/mol. The predicted molar refractivity (Wildman–Crippen MR) is 86.6 cm³/mol. The molecule has 1 aliphatic rings. The molecule has 20 heavy (non-hydrogen) atoms. The Hall–Kier alpha value is -1.36. The van der Waals surface area contributed by atoms with E-state index in [1.54, 1.807) is 11.3 Å². The van der Waals surface area contributed by atoms with Gasteiger partial charge in [0.15, 0.2) is 0 Å². The van der Waals surface area contributed by atoms with Gasteiger partial charge in [0.25, 0.3) is 0 Å². The van der Waals surface area contributed by atoms with Gasteiger partial charge >= 0.3 is 0 Å². The van der Waals surface area contributed by atoms with Gasteiger partial charge in [-0.1, -0.05) is 19.8 Å². The Morgan fingerprint density at radius 3 is 2.95 bits per heavy atom. The van der Waals surface area contributed by atoms with Gasteiger partial charge in [-0.2, -0.15) is 4.98 Å². The summed E-state index contributed by atoms with van der Waals surface area (Å²) in [4.78, 5) is 10.3. The van der Waals surface area contributed by atoms with Crippen molar-refractivity contribution in [3.05, 3.63) is 11.4 Å². The van der Waals surface area contributed by atoms with E-state index in [1.807, 2.05) is 0 Å². The van der Waals surface area contributed by atoms with Gasteiger partial charge in [0.2, 0.25) is 5.95 Å². The summed E-state index contributed by atoms with van der Waals surface area (Å²) >= 11 is 1.67. The van der Waals surface area contributed by atoms with Crippen LogP contribution in [0.4, 0.5) is 11.8 Å². The summed E-state index contributed by atoms with van der Waals surface area (Å²) in [5, 5.41) is 10.1. The van der Waals surface area contributed by atoms with Gasteiger partial charge in [0, 0.05) is 12.6 Å². The second kappa shape index (κ2) is 5.95. The Bertz CT molecular complexity index is 580. The first-order chi connectivity index (χ1) is 9.78. The maximum absolute atomic E-state index is 4.66. The van der Waals surface area contributed by atoms with E-state index in [2.05, 4.69) is 45.9 Å². The molecule has 2 unspecified atom stereocenters. The van der Waals surface area contributed by atoms with Crippen LogP contribution in [0.3, 0.4) is 0 Å². The largest absolute Gasteiger partial charge is 0.366 e. The van der Waals surface area contributed by atoms with E-state index >= 15 is 0 Å². The van der Waals surface area contributed by atoms with Crippen molar-refractivity contribution in [2.24, 2.45) is 5.92 Å². The van der Waals surface area contributed by atoms with Gasteiger partial charge < -0.3 is 10.6 Å². The monoisotopic (exact) mass is 290 g/mol. The lowest BCUT2D eigenvalue weighted by atomic mass is 9.86. The molecule has 3 rings (SSSR count). The molecule has 0 radical (unpaired) electrons. The normalized spacial score (nSPS) is 22.9. The number of rotatable bonds is 4. The number of thiophene rings is 1. The van der Waals surface area contributed by atoms with Gasteiger partial charge in [-0.25, -0.2) is 4.98 Å². The molecule has 2 heterocycles. The maximum atomic E-state index is 4.66. The summed E-state index contributed by atoms with van der Waals surface area (Å²) in [7, 11) is 0. The molecule has 0 bridgehead atoms. The smallest absolute Gasteiger partial charge is 0.226 e. The minimum Gasteiger partial charge on any atom is -0.366 e. The third kappa shape index (κ3) is 2.73. The number of aromatic nitrogens is 2. The highest BCUT2D eigenvalue weighted by Crippen LogP contribution is 2.31. The van der Waals surface area contributed by atoms with Crippen LogP contribution < -0.4 is 10.6 Å². The first kappa shape index (κ1) is 13.6. The highest BCUT2D eigenvalue weighted by atomic mass is 32.1. The first-order valence-corrected chi connectivity index (χ1v) is 8.41. The van der Waals surface area contributed by atoms with Crippen molar-refractivity contribution >= 4 is 33.3 Å². The molecule has 4 nitrogen and oxygen atoms in total. The van der Waals surface area contributed by atoms with Crippen LogP contribution in [0.2, 0.25) is 0 Å². The van der Waals surface area contributed by atoms with Crippen LogP contribution in [0.25, 0.3) is 10.2 Å². The molecule has 0 spiro atoms. The zero-order chi connectivity index (χ0) is 13.9. The Morgan fingerprint density at radius 2 is 2.15 bits per heavy atom. The van der Waals surface area contributed by atoms with E-state index < -0.39 is 0 Å². The van der Waals surface area contributed by atoms with Crippen LogP contribution in [0.1, 0.15) is 39.5 Å². The van der Waals surface area contributed by atoms with Crippen LogP contribution in [0.5, 0.6) is 0 Å². The molecule has 0 saturated heterocycles. The fourth-order valence-electron chi connectivity index (χ4n) is 2.91. The number of nitrogens with zero attached hydrogens (tertiary/aromatic N) is 2. The minimum atomic E-state index is 0.538. The second-order valence-electron chi connectivity index (χ2n) is 5.58. The molecule has 5 heteroatoms. The quantitative estimate of drug-likeness (QED) is 0.889. The fourth-order valence-corrected chi connectivity index (χ4v) is 3.67. The lowest BCUT2D eigenvalue weighted by molar-refractivity contribution is 0.349. The standard InChI is InChI=1S/C15H22N4S/c1-3-16-15-18-13(11-8-9-20-14(11)19-15)17-12-7-5-4-6-10(12)2/h8-10,12H,3-7H2,1-2H3,(H2,16,17,18,19). The molecule has 2 aromatic heterocycles. The van der Waals surface area contributed by atoms with Crippen LogP contribution in [0.15, 0.2) is 11.4 Å². The van der Waals surface area contributed by atoms with Crippen molar-refractivity contribution in [1.29, 1.82) is 0 Å². The van der Waals surface area contributed by atoms with Crippen molar-refractivity contribution in [3.63, 3.8) is 0 Å². The van der Waals surface area contributed by atoms with Crippen molar-refractivity contribution in [2.75, 3.05) is 17.2 Å². The molecule has 1 aliphatic carbocycles. The molecule has 2 atom stereocenters. The number of hydrogen-bond acceptors (Lipinski definition) is 5. The molecule has 0 aliphatic heterocycles. The zero-order valence-corrected chi connectivity index (χ0v) is 13.0. The summed E-state index contributed by atoms with van der Waals surface area (Å²) in [6.07, 6.45) is 5.24. The van der Waals surface area contributed by atoms with Crippen molar-refractivity contribution < 1.29 is 0 Å². The van der Waals surface area contributed by atoms with Gasteiger partial charge in [-0.3, -0.25) is 0 Å². The summed E-state index contributed by atoms with van der Waals surface area (Å²) < 4.78 is 0. The van der Waals surface area contributed by atoms with E-state index in [0.29, 0.717) is 6.04 Å². The summed E-state index contributed by atoms with van der Waals surface area (Å²) in [5.74, 6) is 2.44. The van der Waals surface area contributed by atoms with Crippen molar-refractivity contribution in [3.8, 4) is 0 Å². The van der Waals surface area contributed by atoms with Gasteiger partial charge in [0.1, 0.15) is 10.6 Å². The lowest BCUT2D eigenvalue weighted by Gasteiger charge is -2.30. The van der Waals surface area contributed by atoms with Gasteiger partial charge in [-0.05, 0) is 37.1 Å². The first-order valence-electron chi connectivity index (χ1n) is 7.53. The average molecular weight is 290 g/mol. The maximum Gasteiger partial charge on any atom is 0.226 e. The van der Waals surface area contributed by atoms with Crippen molar-refractivity contribution in [1.82, 2.24) is 9.97 Å². The Balaban J connectivity index is 1.90. The summed E-state index contributed by atoms with van der Waals surface area (Å²) in [5.41, 5.74) is 0. The average Bonchev–Trinajstić information content (AvgIpc) is 2.90. The summed E-state index contributed by atoms with van der Waals surface area (Å²) in [6, 6.07) is 2.65. The number of fused-ring (bicyclic) bond motifs is 1. The molecule has 1 fully saturated rings. The van der Waals surface area contributed by atoms with Gasteiger partial charge in [-0.15, -0.1) is 11.3 Å². The van der Waals surface area contributed by atoms with E-state index in [4.69, 9.17) is 0 Å². The van der Waals surface area contributed by atoms with E-state index in [1.165, 1.54) is 25.7 Å². The number of nitrogens with one attached hydrogen (secondary N) is 2. The Kier molecular flexibility index (Phi) is 4.05. The molecule has 2 aromatic rings. The second-order valence-corrected chi connectivity index (χ2v) is 6.47. The fraction of sp³-hybridized carbons (Fsp3) is 0.600. The van der Waals surface area contributed by atoms with E-state index in [-0.39, 0.29) is 0 Å². The SMILES string of the molecule is CCNc1nc(NC2CCCCC2C)c2ccsc2n1. The lowest BCUT2D eigenvalue weighted by Crippen LogP contribution is -2.30. The Morgan fingerprint density at radius 1 is 1.30 bits per heavy atom.